The SMILES string of the molecule is O=c1onc(-c2cc3ccccc3[nH]2)n1-c1ccccc1-c1nc(-c2cc3ccccc3[nH]2)no1. The number of rotatable bonds is 4. The topological polar surface area (TPSA) is 119 Å². The van der Waals surface area contributed by atoms with E-state index in [1.807, 2.05) is 78.9 Å². The van der Waals surface area contributed by atoms with Gasteiger partial charge in [0, 0.05) is 21.8 Å². The first kappa shape index (κ1) is 19.3. The fourth-order valence-corrected chi connectivity index (χ4v) is 4.31. The number of para-hydroxylation sites is 3. The number of fused-ring (bicyclic) bond motifs is 2. The molecule has 0 spiro atoms. The van der Waals surface area contributed by atoms with Gasteiger partial charge in [-0.1, -0.05) is 58.8 Å². The van der Waals surface area contributed by atoms with Gasteiger partial charge in [0.2, 0.25) is 11.6 Å². The predicted molar refractivity (Wildman–Crippen MR) is 130 cm³/mol. The quantitative estimate of drug-likeness (QED) is 0.374. The number of H-pyrrole nitrogens is 2. The Morgan fingerprint density at radius 2 is 1.37 bits per heavy atom. The van der Waals surface area contributed by atoms with Crippen LogP contribution in [0.2, 0.25) is 0 Å². The molecule has 0 aliphatic carbocycles. The summed E-state index contributed by atoms with van der Waals surface area (Å²) in [6, 6.07) is 26.9. The lowest BCUT2D eigenvalue weighted by Crippen LogP contribution is -2.14. The van der Waals surface area contributed by atoms with E-state index in [1.54, 1.807) is 6.07 Å². The highest BCUT2D eigenvalue weighted by molar-refractivity contribution is 5.86. The molecule has 0 bridgehead atoms. The van der Waals surface area contributed by atoms with Crippen molar-refractivity contribution >= 4 is 21.8 Å². The van der Waals surface area contributed by atoms with Gasteiger partial charge in [-0.3, -0.25) is 4.52 Å². The number of hydrogen-bond donors (Lipinski definition) is 2. The Hall–Kier alpha value is -5.18. The highest BCUT2D eigenvalue weighted by Crippen LogP contribution is 2.31. The summed E-state index contributed by atoms with van der Waals surface area (Å²) in [5, 5.41) is 10.3. The molecule has 0 saturated carbocycles. The lowest BCUT2D eigenvalue weighted by atomic mass is 10.1. The van der Waals surface area contributed by atoms with Crippen LogP contribution in [-0.4, -0.2) is 29.8 Å². The molecule has 9 nitrogen and oxygen atoms in total. The van der Waals surface area contributed by atoms with E-state index in [-0.39, 0.29) is 5.89 Å². The van der Waals surface area contributed by atoms with E-state index in [4.69, 9.17) is 9.05 Å². The Bertz CT molecular complexity index is 1840. The number of nitrogens with one attached hydrogen (secondary N) is 2. The first-order valence-corrected chi connectivity index (χ1v) is 10.9. The maximum atomic E-state index is 12.8. The molecule has 3 aromatic carbocycles. The Labute approximate surface area is 196 Å². The predicted octanol–water partition coefficient (Wildman–Crippen LogP) is 5.17. The second-order valence-corrected chi connectivity index (χ2v) is 8.09. The van der Waals surface area contributed by atoms with E-state index in [9.17, 15) is 4.79 Å². The van der Waals surface area contributed by atoms with Gasteiger partial charge in [0.25, 0.3) is 5.89 Å². The minimum atomic E-state index is -0.624. The number of hydrogen-bond acceptors (Lipinski definition) is 6. The molecule has 35 heavy (non-hydrogen) atoms. The van der Waals surface area contributed by atoms with Crippen LogP contribution >= 0.6 is 0 Å². The molecule has 7 rings (SSSR count). The third kappa shape index (κ3) is 3.10. The summed E-state index contributed by atoms with van der Waals surface area (Å²) in [4.78, 5) is 24.0. The summed E-state index contributed by atoms with van der Waals surface area (Å²) in [7, 11) is 0. The highest BCUT2D eigenvalue weighted by atomic mass is 16.5. The molecule has 4 heterocycles. The minimum Gasteiger partial charge on any atom is -0.352 e. The zero-order valence-corrected chi connectivity index (χ0v) is 18.1. The molecule has 0 atom stereocenters. The molecule has 0 aliphatic heterocycles. The van der Waals surface area contributed by atoms with Crippen molar-refractivity contribution in [2.45, 2.75) is 0 Å². The molecule has 168 valence electrons. The van der Waals surface area contributed by atoms with Gasteiger partial charge in [-0.15, -0.1) is 0 Å². The van der Waals surface area contributed by atoms with Crippen LogP contribution in [0.5, 0.6) is 0 Å². The third-order valence-corrected chi connectivity index (χ3v) is 5.95. The van der Waals surface area contributed by atoms with Crippen LogP contribution in [0.25, 0.3) is 62.0 Å². The molecule has 4 aromatic heterocycles. The summed E-state index contributed by atoms with van der Waals surface area (Å²) in [5.74, 6) is 0.403. The monoisotopic (exact) mass is 460 g/mol. The van der Waals surface area contributed by atoms with E-state index >= 15 is 0 Å². The van der Waals surface area contributed by atoms with E-state index < -0.39 is 5.76 Å². The fraction of sp³-hybridized carbons (Fsp3) is 0. The Morgan fingerprint density at radius 1 is 0.714 bits per heavy atom. The van der Waals surface area contributed by atoms with Crippen LogP contribution in [0.15, 0.2) is 98.8 Å². The minimum absolute atomic E-state index is 0.268. The standard InChI is InChI=1S/C26H16N6O3/c33-26-32(24(31-35-26)21-14-16-8-2-5-11-19(16)28-21)22-12-6-3-9-17(22)25-29-23(30-34-25)20-13-15-7-1-4-10-18(15)27-20/h1-14,27-28H. The van der Waals surface area contributed by atoms with Crippen LogP contribution in [0.1, 0.15) is 0 Å². The van der Waals surface area contributed by atoms with E-state index in [1.165, 1.54) is 4.57 Å². The van der Waals surface area contributed by atoms with Gasteiger partial charge in [-0.2, -0.15) is 4.98 Å². The summed E-state index contributed by atoms with van der Waals surface area (Å²) in [6.45, 7) is 0. The number of benzene rings is 3. The van der Waals surface area contributed by atoms with Gasteiger partial charge in [0.15, 0.2) is 0 Å². The van der Waals surface area contributed by atoms with Gasteiger partial charge in [0.05, 0.1) is 22.6 Å². The van der Waals surface area contributed by atoms with Gasteiger partial charge in [-0.05, 0) is 36.4 Å². The fourth-order valence-electron chi connectivity index (χ4n) is 4.31. The maximum Gasteiger partial charge on any atom is 0.446 e. The molecular weight excluding hydrogens is 444 g/mol. The highest BCUT2D eigenvalue weighted by Gasteiger charge is 2.22. The average Bonchev–Trinajstić information content (AvgIpc) is 3.68. The number of nitrogens with zero attached hydrogens (tertiary/aromatic N) is 4. The normalized spacial score (nSPS) is 11.5. The average molecular weight is 460 g/mol. The third-order valence-electron chi connectivity index (χ3n) is 5.95. The second-order valence-electron chi connectivity index (χ2n) is 8.09. The van der Waals surface area contributed by atoms with Crippen molar-refractivity contribution in [1.82, 2.24) is 29.8 Å². The largest absolute Gasteiger partial charge is 0.446 e. The van der Waals surface area contributed by atoms with Crippen molar-refractivity contribution in [2.24, 2.45) is 0 Å². The van der Waals surface area contributed by atoms with Crippen LogP contribution in [0.4, 0.5) is 0 Å². The summed E-state index contributed by atoms with van der Waals surface area (Å²) in [5.41, 5.74) is 4.38. The molecule has 9 heteroatoms. The summed E-state index contributed by atoms with van der Waals surface area (Å²) >= 11 is 0. The molecule has 0 amide bonds. The molecule has 2 N–H and O–H groups in total. The molecule has 0 radical (unpaired) electrons. The Kier molecular flexibility index (Phi) is 4.09. The van der Waals surface area contributed by atoms with Crippen molar-refractivity contribution < 1.29 is 9.05 Å². The van der Waals surface area contributed by atoms with Crippen molar-refractivity contribution in [2.75, 3.05) is 0 Å². The molecule has 7 aromatic rings. The molecule has 0 unspecified atom stereocenters. The number of aromatic nitrogens is 6. The van der Waals surface area contributed by atoms with Crippen molar-refractivity contribution in [3.63, 3.8) is 0 Å². The van der Waals surface area contributed by atoms with E-state index in [0.29, 0.717) is 28.6 Å². The Balaban J connectivity index is 1.35. The van der Waals surface area contributed by atoms with Crippen LogP contribution in [0, 0.1) is 0 Å². The van der Waals surface area contributed by atoms with Crippen LogP contribution in [0.3, 0.4) is 0 Å². The molecule has 0 fully saturated rings. The smallest absolute Gasteiger partial charge is 0.352 e. The first-order valence-electron chi connectivity index (χ1n) is 10.9. The van der Waals surface area contributed by atoms with Crippen molar-refractivity contribution in [3.8, 4) is 40.2 Å². The lowest BCUT2D eigenvalue weighted by Gasteiger charge is -2.07. The van der Waals surface area contributed by atoms with Crippen LogP contribution in [-0.2, 0) is 0 Å². The summed E-state index contributed by atoms with van der Waals surface area (Å²) < 4.78 is 12.1. The maximum absolute atomic E-state index is 12.8. The van der Waals surface area contributed by atoms with E-state index in [0.717, 1.165) is 27.5 Å². The van der Waals surface area contributed by atoms with Gasteiger partial charge in [-0.25, -0.2) is 9.36 Å². The lowest BCUT2D eigenvalue weighted by molar-refractivity contribution is 0.383. The molecular formula is C26H16N6O3. The van der Waals surface area contributed by atoms with Gasteiger partial charge < -0.3 is 14.5 Å². The number of aromatic amines is 2. The van der Waals surface area contributed by atoms with Crippen LogP contribution < -0.4 is 5.76 Å². The summed E-state index contributed by atoms with van der Waals surface area (Å²) in [6.07, 6.45) is 0. The van der Waals surface area contributed by atoms with Crippen molar-refractivity contribution in [1.29, 1.82) is 0 Å². The van der Waals surface area contributed by atoms with E-state index in [2.05, 4.69) is 25.3 Å². The van der Waals surface area contributed by atoms with Gasteiger partial charge >= 0.3 is 5.76 Å². The zero-order valence-electron chi connectivity index (χ0n) is 18.1. The van der Waals surface area contributed by atoms with Gasteiger partial charge in [0.1, 0.15) is 0 Å². The molecule has 0 aliphatic rings. The van der Waals surface area contributed by atoms with Crippen molar-refractivity contribution in [3.05, 3.63) is 95.5 Å². The Morgan fingerprint density at radius 3 is 2.14 bits per heavy atom. The molecule has 0 saturated heterocycles. The zero-order chi connectivity index (χ0) is 23.4. The second kappa shape index (κ2) is 7.42. The first-order chi connectivity index (χ1) is 17.2.